The van der Waals surface area contributed by atoms with Gasteiger partial charge in [-0.2, -0.15) is 4.68 Å². The number of thioether (sulfide) groups is 1. The zero-order valence-electron chi connectivity index (χ0n) is 18.9. The van der Waals surface area contributed by atoms with Crippen LogP contribution in [0.5, 0.6) is 5.75 Å². The molecule has 2 amide bonds. The number of benzene rings is 2. The monoisotopic (exact) mass is 606 g/mol. The first-order valence-corrected chi connectivity index (χ1v) is 13.7. The standard InChI is InChI=1S/C24H20BrClN4O4S2/c1-2-19(22(32)27-15-9-7-14(26)8-10-15)36-24-28-17-11-12-35-21(17)23(33)30(24)29-20(31)13-34-18-6-4-3-5-16(18)25/h3-12,19H,2,13H2,1H3,(H,27,32)(H,29,31). The normalized spacial score (nSPS) is 11.8. The van der Waals surface area contributed by atoms with Gasteiger partial charge in [-0.3, -0.25) is 19.8 Å². The van der Waals surface area contributed by atoms with Crippen molar-refractivity contribution in [3.63, 3.8) is 0 Å². The van der Waals surface area contributed by atoms with Crippen LogP contribution in [-0.2, 0) is 9.59 Å². The van der Waals surface area contributed by atoms with Crippen molar-refractivity contribution in [1.82, 2.24) is 9.66 Å². The maximum absolute atomic E-state index is 13.2. The van der Waals surface area contributed by atoms with Gasteiger partial charge >= 0.3 is 0 Å². The summed E-state index contributed by atoms with van der Waals surface area (Å²) in [7, 11) is 0. The molecule has 0 bridgehead atoms. The molecule has 1 unspecified atom stereocenters. The average molecular weight is 608 g/mol. The second kappa shape index (κ2) is 11.9. The number of fused-ring (bicyclic) bond motifs is 1. The zero-order chi connectivity index (χ0) is 25.7. The lowest BCUT2D eigenvalue weighted by atomic mass is 10.3. The number of rotatable bonds is 9. The van der Waals surface area contributed by atoms with Crippen LogP contribution < -0.4 is 21.0 Å². The van der Waals surface area contributed by atoms with Crippen molar-refractivity contribution in [1.29, 1.82) is 0 Å². The van der Waals surface area contributed by atoms with Gasteiger partial charge in [-0.1, -0.05) is 42.4 Å². The number of amides is 2. The summed E-state index contributed by atoms with van der Waals surface area (Å²) in [6.07, 6.45) is 0.459. The lowest BCUT2D eigenvalue weighted by Crippen LogP contribution is -2.37. The van der Waals surface area contributed by atoms with Crippen molar-refractivity contribution in [2.24, 2.45) is 0 Å². The Morgan fingerprint density at radius 2 is 1.94 bits per heavy atom. The van der Waals surface area contributed by atoms with Crippen molar-refractivity contribution >= 4 is 78.3 Å². The minimum atomic E-state index is -0.580. The topological polar surface area (TPSA) is 102 Å². The van der Waals surface area contributed by atoms with Crippen LogP contribution in [-0.4, -0.2) is 33.3 Å². The summed E-state index contributed by atoms with van der Waals surface area (Å²) in [5.41, 5.74) is 3.24. The molecule has 12 heteroatoms. The Morgan fingerprint density at radius 3 is 2.67 bits per heavy atom. The third kappa shape index (κ3) is 6.28. The Balaban J connectivity index is 1.55. The van der Waals surface area contributed by atoms with E-state index in [1.165, 1.54) is 11.3 Å². The fourth-order valence-electron chi connectivity index (χ4n) is 3.14. The third-order valence-corrected chi connectivity index (χ3v) is 8.02. The molecule has 8 nitrogen and oxygen atoms in total. The van der Waals surface area contributed by atoms with E-state index in [1.54, 1.807) is 53.9 Å². The molecule has 2 aromatic heterocycles. The van der Waals surface area contributed by atoms with E-state index in [2.05, 4.69) is 31.7 Å². The molecule has 4 rings (SSSR count). The number of nitrogens with zero attached hydrogens (tertiary/aromatic N) is 2. The van der Waals surface area contributed by atoms with Crippen molar-refractivity contribution < 1.29 is 14.3 Å². The summed E-state index contributed by atoms with van der Waals surface area (Å²) in [6, 6.07) is 15.6. The van der Waals surface area contributed by atoms with Crippen LogP contribution in [0.2, 0.25) is 5.02 Å². The molecule has 4 aromatic rings. The average Bonchev–Trinajstić information content (AvgIpc) is 3.34. The largest absolute Gasteiger partial charge is 0.483 e. The molecule has 0 spiro atoms. The van der Waals surface area contributed by atoms with E-state index in [-0.39, 0.29) is 17.7 Å². The molecular weight excluding hydrogens is 588 g/mol. The summed E-state index contributed by atoms with van der Waals surface area (Å²) >= 11 is 11.6. The quantitative estimate of drug-likeness (QED) is 0.192. The fourth-order valence-corrected chi connectivity index (χ4v) is 5.39. The van der Waals surface area contributed by atoms with E-state index in [0.29, 0.717) is 37.6 Å². The van der Waals surface area contributed by atoms with E-state index < -0.39 is 16.7 Å². The summed E-state index contributed by atoms with van der Waals surface area (Å²) in [6.45, 7) is 1.53. The van der Waals surface area contributed by atoms with Gasteiger partial charge in [0.05, 0.1) is 15.2 Å². The third-order valence-electron chi connectivity index (χ3n) is 4.90. The number of hydrogen-bond donors (Lipinski definition) is 2. The van der Waals surface area contributed by atoms with Gasteiger partial charge in [0.2, 0.25) is 5.91 Å². The van der Waals surface area contributed by atoms with E-state index in [0.717, 1.165) is 16.4 Å². The summed E-state index contributed by atoms with van der Waals surface area (Å²) in [5.74, 6) is -0.322. The molecule has 0 aliphatic heterocycles. The summed E-state index contributed by atoms with van der Waals surface area (Å²) in [5, 5.41) is 4.77. The van der Waals surface area contributed by atoms with E-state index in [9.17, 15) is 14.4 Å². The Morgan fingerprint density at radius 1 is 1.19 bits per heavy atom. The Kier molecular flexibility index (Phi) is 8.68. The first-order chi connectivity index (χ1) is 17.4. The predicted octanol–water partition coefficient (Wildman–Crippen LogP) is 5.53. The molecular formula is C24H20BrClN4O4S2. The van der Waals surface area contributed by atoms with Crippen LogP contribution in [0.3, 0.4) is 0 Å². The van der Waals surface area contributed by atoms with Crippen LogP contribution in [0.15, 0.2) is 74.4 Å². The number of hydrogen-bond acceptors (Lipinski definition) is 7. The molecule has 36 heavy (non-hydrogen) atoms. The van der Waals surface area contributed by atoms with Gasteiger partial charge in [0.25, 0.3) is 11.5 Å². The highest BCUT2D eigenvalue weighted by molar-refractivity contribution is 9.10. The number of ether oxygens (including phenoxy) is 1. The fraction of sp³-hybridized carbons (Fsp3) is 0.167. The Hall–Kier alpha value is -2.86. The highest BCUT2D eigenvalue weighted by Crippen LogP contribution is 2.27. The molecule has 0 saturated heterocycles. The number of aromatic nitrogens is 2. The second-order valence-corrected chi connectivity index (χ2v) is 10.8. The van der Waals surface area contributed by atoms with Gasteiger partial charge < -0.3 is 10.1 Å². The van der Waals surface area contributed by atoms with Crippen molar-refractivity contribution in [3.05, 3.63) is 79.8 Å². The Bertz CT molecular complexity index is 1460. The minimum Gasteiger partial charge on any atom is -0.483 e. The number of thiophene rings is 1. The molecule has 1 atom stereocenters. The van der Waals surface area contributed by atoms with Gasteiger partial charge in [-0.15, -0.1) is 11.3 Å². The number of nitrogens with one attached hydrogen (secondary N) is 2. The molecule has 0 fully saturated rings. The van der Waals surface area contributed by atoms with Crippen molar-refractivity contribution in [2.75, 3.05) is 17.3 Å². The lowest BCUT2D eigenvalue weighted by molar-refractivity contribution is -0.119. The molecule has 0 radical (unpaired) electrons. The number of halogens is 2. The number of carbonyl (C=O) groups is 2. The highest BCUT2D eigenvalue weighted by atomic mass is 79.9. The van der Waals surface area contributed by atoms with Crippen LogP contribution in [0, 0.1) is 0 Å². The summed E-state index contributed by atoms with van der Waals surface area (Å²) in [4.78, 5) is 43.4. The maximum atomic E-state index is 13.2. The first-order valence-electron chi connectivity index (χ1n) is 10.8. The van der Waals surface area contributed by atoms with Gasteiger partial charge in [0.15, 0.2) is 11.8 Å². The smallest absolute Gasteiger partial charge is 0.291 e. The van der Waals surface area contributed by atoms with Crippen LogP contribution in [0.4, 0.5) is 5.69 Å². The van der Waals surface area contributed by atoms with Gasteiger partial charge in [0, 0.05) is 10.7 Å². The van der Waals surface area contributed by atoms with Crippen LogP contribution in [0.1, 0.15) is 13.3 Å². The summed E-state index contributed by atoms with van der Waals surface area (Å²) < 4.78 is 7.74. The molecule has 2 N–H and O–H groups in total. The van der Waals surface area contributed by atoms with Gasteiger partial charge in [-0.05, 0) is 70.2 Å². The van der Waals surface area contributed by atoms with Crippen LogP contribution in [0.25, 0.3) is 10.2 Å². The van der Waals surface area contributed by atoms with Gasteiger partial charge in [-0.25, -0.2) is 4.98 Å². The highest BCUT2D eigenvalue weighted by Gasteiger charge is 2.23. The van der Waals surface area contributed by atoms with Gasteiger partial charge in [0.1, 0.15) is 10.4 Å². The van der Waals surface area contributed by atoms with E-state index >= 15 is 0 Å². The molecule has 2 heterocycles. The predicted molar refractivity (Wildman–Crippen MR) is 148 cm³/mol. The number of para-hydroxylation sites is 1. The number of anilines is 1. The first kappa shape index (κ1) is 26.2. The van der Waals surface area contributed by atoms with Crippen molar-refractivity contribution in [2.45, 2.75) is 23.8 Å². The molecule has 2 aromatic carbocycles. The maximum Gasteiger partial charge on any atom is 0.291 e. The second-order valence-electron chi connectivity index (χ2n) is 7.43. The van der Waals surface area contributed by atoms with E-state index in [4.69, 9.17) is 16.3 Å². The van der Waals surface area contributed by atoms with Crippen LogP contribution >= 0.6 is 50.6 Å². The Labute approximate surface area is 228 Å². The van der Waals surface area contributed by atoms with Crippen molar-refractivity contribution in [3.8, 4) is 5.75 Å². The molecule has 0 saturated carbocycles. The SMILES string of the molecule is CCC(Sc1nc2ccsc2c(=O)n1NC(=O)COc1ccccc1Br)C(=O)Nc1ccc(Cl)cc1. The molecule has 0 aliphatic carbocycles. The van der Waals surface area contributed by atoms with E-state index in [1.807, 2.05) is 13.0 Å². The zero-order valence-corrected chi connectivity index (χ0v) is 22.8. The molecule has 0 aliphatic rings. The number of carbonyl (C=O) groups excluding carboxylic acids is 2. The lowest BCUT2D eigenvalue weighted by Gasteiger charge is -2.18. The molecule has 186 valence electrons. The minimum absolute atomic E-state index is 0.193.